The zero-order valence-corrected chi connectivity index (χ0v) is 9.83. The molecule has 2 aliphatic rings. The lowest BCUT2D eigenvalue weighted by molar-refractivity contribution is -0.141. The Morgan fingerprint density at radius 1 is 1.33 bits per heavy atom. The highest BCUT2D eigenvalue weighted by Crippen LogP contribution is 2.28. The Morgan fingerprint density at radius 2 is 2.07 bits per heavy atom. The van der Waals surface area contributed by atoms with Crippen molar-refractivity contribution in [1.82, 2.24) is 10.2 Å². The second-order valence-corrected chi connectivity index (χ2v) is 5.11. The van der Waals surface area contributed by atoms with Crippen LogP contribution in [0.25, 0.3) is 0 Å². The van der Waals surface area contributed by atoms with Crippen LogP contribution in [0.15, 0.2) is 0 Å². The summed E-state index contributed by atoms with van der Waals surface area (Å²) in [5.41, 5.74) is 0. The van der Waals surface area contributed by atoms with Gasteiger partial charge in [-0.1, -0.05) is 0 Å². The highest BCUT2D eigenvalue weighted by molar-refractivity contribution is 5.80. The SMILES string of the molecule is CC(C)N(C(=O)C1CCNC1)C1CCC1. The van der Waals surface area contributed by atoms with Gasteiger partial charge in [-0.25, -0.2) is 0 Å². The Balaban J connectivity index is 1.99. The molecule has 1 heterocycles. The maximum Gasteiger partial charge on any atom is 0.227 e. The molecule has 1 aliphatic carbocycles. The first-order valence-corrected chi connectivity index (χ1v) is 6.23. The van der Waals surface area contributed by atoms with Crippen LogP contribution in [-0.4, -0.2) is 36.0 Å². The van der Waals surface area contributed by atoms with Crippen LogP contribution in [0.2, 0.25) is 0 Å². The van der Waals surface area contributed by atoms with Crippen molar-refractivity contribution < 1.29 is 4.79 Å². The summed E-state index contributed by atoms with van der Waals surface area (Å²) in [6.07, 6.45) is 4.74. The molecule has 15 heavy (non-hydrogen) atoms. The van der Waals surface area contributed by atoms with Gasteiger partial charge in [-0.3, -0.25) is 4.79 Å². The van der Waals surface area contributed by atoms with Gasteiger partial charge >= 0.3 is 0 Å². The highest BCUT2D eigenvalue weighted by Gasteiger charge is 2.35. The van der Waals surface area contributed by atoms with Gasteiger partial charge in [0.15, 0.2) is 0 Å². The molecule has 86 valence electrons. The van der Waals surface area contributed by atoms with Crippen LogP contribution in [-0.2, 0) is 4.79 Å². The van der Waals surface area contributed by atoms with E-state index in [0.29, 0.717) is 18.0 Å². The van der Waals surface area contributed by atoms with Crippen molar-refractivity contribution in [3.8, 4) is 0 Å². The number of hydrogen-bond donors (Lipinski definition) is 1. The third kappa shape index (κ3) is 2.17. The molecule has 2 fully saturated rings. The molecule has 1 aliphatic heterocycles. The lowest BCUT2D eigenvalue weighted by Crippen LogP contribution is -2.50. The topological polar surface area (TPSA) is 32.3 Å². The number of rotatable bonds is 3. The highest BCUT2D eigenvalue weighted by atomic mass is 16.2. The van der Waals surface area contributed by atoms with Crippen molar-refractivity contribution in [3.05, 3.63) is 0 Å². The van der Waals surface area contributed by atoms with E-state index in [1.807, 2.05) is 0 Å². The fourth-order valence-corrected chi connectivity index (χ4v) is 2.60. The molecule has 3 nitrogen and oxygen atoms in total. The number of carbonyl (C=O) groups excluding carboxylic acids is 1. The molecule has 1 amide bonds. The summed E-state index contributed by atoms with van der Waals surface area (Å²) in [5, 5.41) is 3.27. The van der Waals surface area contributed by atoms with E-state index >= 15 is 0 Å². The smallest absolute Gasteiger partial charge is 0.227 e. The van der Waals surface area contributed by atoms with Crippen molar-refractivity contribution in [3.63, 3.8) is 0 Å². The third-order valence-electron chi connectivity index (χ3n) is 3.69. The van der Waals surface area contributed by atoms with Crippen LogP contribution in [0.3, 0.4) is 0 Å². The summed E-state index contributed by atoms with van der Waals surface area (Å²) in [6.45, 7) is 6.17. The molecule has 0 spiro atoms. The van der Waals surface area contributed by atoms with Gasteiger partial charge in [-0.2, -0.15) is 0 Å². The minimum Gasteiger partial charge on any atom is -0.337 e. The second-order valence-electron chi connectivity index (χ2n) is 5.11. The first-order valence-electron chi connectivity index (χ1n) is 6.23. The standard InChI is InChI=1S/C12H22N2O/c1-9(2)14(11-4-3-5-11)12(15)10-6-7-13-8-10/h9-11,13H,3-8H2,1-2H3. The monoisotopic (exact) mass is 210 g/mol. The lowest BCUT2D eigenvalue weighted by atomic mass is 9.89. The minimum atomic E-state index is 0.244. The van der Waals surface area contributed by atoms with Crippen LogP contribution in [0.1, 0.15) is 39.5 Å². The fraction of sp³-hybridized carbons (Fsp3) is 0.917. The number of nitrogens with one attached hydrogen (secondary N) is 1. The Hall–Kier alpha value is -0.570. The maximum atomic E-state index is 12.3. The molecular weight excluding hydrogens is 188 g/mol. The fourth-order valence-electron chi connectivity index (χ4n) is 2.60. The molecule has 0 aromatic carbocycles. The van der Waals surface area contributed by atoms with Crippen LogP contribution in [0.5, 0.6) is 0 Å². The van der Waals surface area contributed by atoms with E-state index < -0.39 is 0 Å². The van der Waals surface area contributed by atoms with Gasteiger partial charge in [0.2, 0.25) is 5.91 Å². The van der Waals surface area contributed by atoms with Gasteiger partial charge < -0.3 is 10.2 Å². The first kappa shape index (κ1) is 10.9. The Morgan fingerprint density at radius 3 is 2.47 bits per heavy atom. The molecule has 1 atom stereocenters. The van der Waals surface area contributed by atoms with Gasteiger partial charge in [0.05, 0.1) is 5.92 Å². The van der Waals surface area contributed by atoms with Crippen molar-refractivity contribution >= 4 is 5.91 Å². The van der Waals surface area contributed by atoms with Gasteiger partial charge in [0.25, 0.3) is 0 Å². The third-order valence-corrected chi connectivity index (χ3v) is 3.69. The predicted octanol–water partition coefficient (Wildman–Crippen LogP) is 1.39. The summed E-state index contributed by atoms with van der Waals surface area (Å²) in [4.78, 5) is 14.4. The van der Waals surface area contributed by atoms with Gasteiger partial charge in [0, 0.05) is 18.6 Å². The molecule has 0 aromatic rings. The number of hydrogen-bond acceptors (Lipinski definition) is 2. The largest absolute Gasteiger partial charge is 0.337 e. The van der Waals surface area contributed by atoms with Crippen LogP contribution >= 0.6 is 0 Å². The molecule has 0 aromatic heterocycles. The molecule has 1 N–H and O–H groups in total. The number of carbonyl (C=O) groups is 1. The summed E-state index contributed by atoms with van der Waals surface area (Å²) < 4.78 is 0. The lowest BCUT2D eigenvalue weighted by Gasteiger charge is -2.41. The molecule has 3 heteroatoms. The van der Waals surface area contributed by atoms with E-state index in [2.05, 4.69) is 24.1 Å². The normalized spacial score (nSPS) is 26.7. The van der Waals surface area contributed by atoms with Crippen LogP contribution in [0, 0.1) is 5.92 Å². The Bertz CT molecular complexity index is 230. The molecule has 2 rings (SSSR count). The van der Waals surface area contributed by atoms with E-state index in [4.69, 9.17) is 0 Å². The average Bonchev–Trinajstić information content (AvgIpc) is 2.61. The number of nitrogens with zero attached hydrogens (tertiary/aromatic N) is 1. The summed E-state index contributed by atoms with van der Waals surface area (Å²) in [5.74, 6) is 0.632. The average molecular weight is 210 g/mol. The summed E-state index contributed by atoms with van der Waals surface area (Å²) in [7, 11) is 0. The van der Waals surface area contributed by atoms with Crippen LogP contribution < -0.4 is 5.32 Å². The Labute approximate surface area is 92.2 Å². The quantitative estimate of drug-likeness (QED) is 0.763. The summed E-state index contributed by atoms with van der Waals surface area (Å²) >= 11 is 0. The van der Waals surface area contributed by atoms with E-state index in [1.165, 1.54) is 19.3 Å². The predicted molar refractivity (Wildman–Crippen MR) is 60.6 cm³/mol. The van der Waals surface area contributed by atoms with Gasteiger partial charge in [0.1, 0.15) is 0 Å². The second kappa shape index (κ2) is 4.52. The molecule has 0 radical (unpaired) electrons. The minimum absolute atomic E-state index is 0.244. The Kier molecular flexibility index (Phi) is 3.29. The molecular formula is C12H22N2O. The van der Waals surface area contributed by atoms with E-state index in [0.717, 1.165) is 19.5 Å². The molecule has 1 saturated carbocycles. The van der Waals surface area contributed by atoms with Crippen molar-refractivity contribution in [1.29, 1.82) is 0 Å². The molecule has 0 bridgehead atoms. The molecule has 1 saturated heterocycles. The van der Waals surface area contributed by atoms with Gasteiger partial charge in [-0.15, -0.1) is 0 Å². The maximum absolute atomic E-state index is 12.3. The molecule has 1 unspecified atom stereocenters. The van der Waals surface area contributed by atoms with Crippen molar-refractivity contribution in [2.75, 3.05) is 13.1 Å². The zero-order chi connectivity index (χ0) is 10.8. The van der Waals surface area contributed by atoms with E-state index in [1.54, 1.807) is 0 Å². The van der Waals surface area contributed by atoms with Crippen molar-refractivity contribution in [2.24, 2.45) is 5.92 Å². The van der Waals surface area contributed by atoms with Gasteiger partial charge in [-0.05, 0) is 46.1 Å². The van der Waals surface area contributed by atoms with Crippen molar-refractivity contribution in [2.45, 2.75) is 51.6 Å². The number of amides is 1. The summed E-state index contributed by atoms with van der Waals surface area (Å²) in [6, 6.07) is 0.904. The van der Waals surface area contributed by atoms with Crippen LogP contribution in [0.4, 0.5) is 0 Å². The zero-order valence-electron chi connectivity index (χ0n) is 9.83. The van der Waals surface area contributed by atoms with E-state index in [-0.39, 0.29) is 5.92 Å². The van der Waals surface area contributed by atoms with E-state index in [9.17, 15) is 4.79 Å². The first-order chi connectivity index (χ1) is 7.20.